The van der Waals surface area contributed by atoms with Gasteiger partial charge in [0.25, 0.3) is 5.91 Å². The van der Waals surface area contributed by atoms with Crippen molar-refractivity contribution in [1.29, 1.82) is 0 Å². The normalized spacial score (nSPS) is 17.8. The predicted octanol–water partition coefficient (Wildman–Crippen LogP) is 2.25. The fourth-order valence-corrected chi connectivity index (χ4v) is 2.44. The van der Waals surface area contributed by atoms with Gasteiger partial charge in [-0.05, 0) is 38.0 Å². The number of carbonyl (C=O) groups excluding carboxylic acids is 1. The van der Waals surface area contributed by atoms with Crippen molar-refractivity contribution in [3.05, 3.63) is 28.8 Å². The molecule has 108 valence electrons. The topological polar surface area (TPSA) is 83.6 Å². The molecule has 2 rings (SSSR count). The van der Waals surface area contributed by atoms with Gasteiger partial charge in [0.1, 0.15) is 0 Å². The van der Waals surface area contributed by atoms with Crippen molar-refractivity contribution in [2.45, 2.75) is 19.8 Å². The lowest BCUT2D eigenvalue weighted by atomic mass is 9.80. The molecule has 0 saturated carbocycles. The van der Waals surface area contributed by atoms with Gasteiger partial charge < -0.3 is 15.7 Å². The van der Waals surface area contributed by atoms with Crippen molar-refractivity contribution >= 4 is 29.2 Å². The maximum atomic E-state index is 12.3. The molecule has 0 atom stereocenters. The second kappa shape index (κ2) is 5.32. The number of aliphatic carboxylic acids is 1. The van der Waals surface area contributed by atoms with Gasteiger partial charge in [0.05, 0.1) is 16.1 Å². The second-order valence-corrected chi connectivity index (χ2v) is 5.80. The average molecular weight is 297 g/mol. The molecular weight excluding hydrogens is 280 g/mol. The van der Waals surface area contributed by atoms with Crippen molar-refractivity contribution < 1.29 is 14.7 Å². The molecule has 1 fully saturated rings. The van der Waals surface area contributed by atoms with Crippen LogP contribution in [0.15, 0.2) is 18.2 Å². The number of nitrogens with zero attached hydrogens (tertiary/aromatic N) is 1. The predicted molar refractivity (Wildman–Crippen MR) is 76.7 cm³/mol. The van der Waals surface area contributed by atoms with E-state index in [0.29, 0.717) is 42.2 Å². The van der Waals surface area contributed by atoms with Crippen LogP contribution in [0.1, 0.15) is 30.1 Å². The number of carboxylic acids is 1. The molecule has 0 aliphatic carbocycles. The molecule has 1 aliphatic heterocycles. The van der Waals surface area contributed by atoms with Crippen molar-refractivity contribution in [2.24, 2.45) is 5.41 Å². The Morgan fingerprint density at radius 3 is 2.45 bits per heavy atom. The zero-order valence-electron chi connectivity index (χ0n) is 11.2. The number of rotatable bonds is 2. The summed E-state index contributed by atoms with van der Waals surface area (Å²) >= 11 is 5.91. The van der Waals surface area contributed by atoms with Crippen LogP contribution in [-0.4, -0.2) is 35.0 Å². The number of nitrogen functional groups attached to an aromatic ring is 1. The molecule has 1 heterocycles. The summed E-state index contributed by atoms with van der Waals surface area (Å²) in [7, 11) is 0. The number of halogens is 1. The Hall–Kier alpha value is -1.75. The zero-order chi connectivity index (χ0) is 14.9. The summed E-state index contributed by atoms with van der Waals surface area (Å²) in [4.78, 5) is 25.2. The highest BCUT2D eigenvalue weighted by Crippen LogP contribution is 2.32. The Balaban J connectivity index is 2.08. The van der Waals surface area contributed by atoms with Crippen LogP contribution in [0.4, 0.5) is 5.69 Å². The number of piperidine rings is 1. The molecule has 5 nitrogen and oxygen atoms in total. The van der Waals surface area contributed by atoms with Crippen LogP contribution >= 0.6 is 11.6 Å². The SMILES string of the molecule is CC1(C(=O)O)CCN(C(=O)c2ccc(N)c(Cl)c2)CC1. The van der Waals surface area contributed by atoms with Crippen molar-refractivity contribution in [3.63, 3.8) is 0 Å². The van der Waals surface area contributed by atoms with Crippen LogP contribution in [-0.2, 0) is 4.79 Å². The highest BCUT2D eigenvalue weighted by Gasteiger charge is 2.38. The van der Waals surface area contributed by atoms with Gasteiger partial charge in [0, 0.05) is 18.7 Å². The van der Waals surface area contributed by atoms with E-state index in [9.17, 15) is 14.7 Å². The molecule has 6 heteroatoms. The van der Waals surface area contributed by atoms with E-state index < -0.39 is 11.4 Å². The van der Waals surface area contributed by atoms with Crippen LogP contribution in [0.5, 0.6) is 0 Å². The lowest BCUT2D eigenvalue weighted by Gasteiger charge is -2.36. The Morgan fingerprint density at radius 2 is 1.95 bits per heavy atom. The maximum Gasteiger partial charge on any atom is 0.309 e. The number of hydrogen-bond acceptors (Lipinski definition) is 3. The zero-order valence-corrected chi connectivity index (χ0v) is 12.0. The molecule has 1 aromatic rings. The van der Waals surface area contributed by atoms with Crippen molar-refractivity contribution in [3.8, 4) is 0 Å². The van der Waals surface area contributed by atoms with Crippen LogP contribution in [0.25, 0.3) is 0 Å². The Morgan fingerprint density at radius 1 is 1.35 bits per heavy atom. The fourth-order valence-electron chi connectivity index (χ4n) is 2.26. The van der Waals surface area contributed by atoms with E-state index in [1.165, 1.54) is 0 Å². The van der Waals surface area contributed by atoms with E-state index in [0.717, 1.165) is 0 Å². The Labute approximate surface area is 122 Å². The number of carboxylic acid groups (broad SMARTS) is 1. The molecule has 0 radical (unpaired) electrons. The molecule has 3 N–H and O–H groups in total. The van der Waals surface area contributed by atoms with Gasteiger partial charge in [-0.2, -0.15) is 0 Å². The molecule has 20 heavy (non-hydrogen) atoms. The Bertz CT molecular complexity index is 551. The molecule has 0 spiro atoms. The number of benzene rings is 1. The molecule has 0 unspecified atom stereocenters. The molecule has 0 aromatic heterocycles. The summed E-state index contributed by atoms with van der Waals surface area (Å²) in [5.74, 6) is -0.945. The lowest BCUT2D eigenvalue weighted by Crippen LogP contribution is -2.45. The summed E-state index contributed by atoms with van der Waals surface area (Å²) in [5, 5.41) is 9.52. The first-order valence-corrected chi connectivity index (χ1v) is 6.79. The number of anilines is 1. The number of hydrogen-bond donors (Lipinski definition) is 2. The minimum atomic E-state index is -0.805. The van der Waals surface area contributed by atoms with E-state index in [4.69, 9.17) is 17.3 Å². The van der Waals surface area contributed by atoms with E-state index in [1.54, 1.807) is 30.0 Å². The van der Waals surface area contributed by atoms with Gasteiger partial charge in [-0.15, -0.1) is 0 Å². The number of nitrogens with two attached hydrogens (primary N) is 1. The summed E-state index contributed by atoms with van der Waals surface area (Å²) in [5.41, 5.74) is 5.78. The van der Waals surface area contributed by atoms with Crippen molar-refractivity contribution in [1.82, 2.24) is 4.90 Å². The third kappa shape index (κ3) is 2.72. The lowest BCUT2D eigenvalue weighted by molar-refractivity contribution is -0.150. The first-order valence-electron chi connectivity index (χ1n) is 6.41. The van der Waals surface area contributed by atoms with Crippen molar-refractivity contribution in [2.75, 3.05) is 18.8 Å². The first-order chi connectivity index (χ1) is 9.33. The molecule has 1 amide bonds. The van der Waals surface area contributed by atoms with Gasteiger partial charge in [-0.3, -0.25) is 9.59 Å². The summed E-state index contributed by atoms with van der Waals surface area (Å²) in [6.07, 6.45) is 0.910. The summed E-state index contributed by atoms with van der Waals surface area (Å²) in [6.45, 7) is 2.59. The molecule has 1 saturated heterocycles. The largest absolute Gasteiger partial charge is 0.481 e. The molecule has 0 bridgehead atoms. The van der Waals surface area contributed by atoms with Crippen LogP contribution in [0.3, 0.4) is 0 Å². The van der Waals surface area contributed by atoms with Crippen LogP contribution < -0.4 is 5.73 Å². The third-order valence-electron chi connectivity index (χ3n) is 3.92. The first kappa shape index (κ1) is 14.7. The van der Waals surface area contributed by atoms with Gasteiger partial charge in [-0.1, -0.05) is 11.6 Å². The quantitative estimate of drug-likeness (QED) is 0.820. The second-order valence-electron chi connectivity index (χ2n) is 5.39. The van der Waals surface area contributed by atoms with Gasteiger partial charge in [0.15, 0.2) is 0 Å². The summed E-state index contributed by atoms with van der Waals surface area (Å²) < 4.78 is 0. The minimum Gasteiger partial charge on any atom is -0.481 e. The molecule has 1 aliphatic rings. The third-order valence-corrected chi connectivity index (χ3v) is 4.25. The van der Waals surface area contributed by atoms with E-state index in [2.05, 4.69) is 0 Å². The fraction of sp³-hybridized carbons (Fsp3) is 0.429. The van der Waals surface area contributed by atoms with Crippen LogP contribution in [0, 0.1) is 5.41 Å². The minimum absolute atomic E-state index is 0.140. The maximum absolute atomic E-state index is 12.3. The van der Waals surface area contributed by atoms with E-state index in [-0.39, 0.29) is 5.91 Å². The highest BCUT2D eigenvalue weighted by molar-refractivity contribution is 6.33. The van der Waals surface area contributed by atoms with Gasteiger partial charge in [-0.25, -0.2) is 0 Å². The van der Waals surface area contributed by atoms with Gasteiger partial charge in [0.2, 0.25) is 0 Å². The average Bonchev–Trinajstić information content (AvgIpc) is 2.42. The molecule has 1 aromatic carbocycles. The van der Waals surface area contributed by atoms with Crippen LogP contribution in [0.2, 0.25) is 5.02 Å². The van der Waals surface area contributed by atoms with Gasteiger partial charge >= 0.3 is 5.97 Å². The summed E-state index contributed by atoms with van der Waals surface area (Å²) in [6, 6.07) is 4.78. The number of amides is 1. The number of likely N-dealkylation sites (tertiary alicyclic amines) is 1. The smallest absolute Gasteiger partial charge is 0.309 e. The monoisotopic (exact) mass is 296 g/mol. The number of carbonyl (C=O) groups is 2. The van der Waals surface area contributed by atoms with E-state index in [1.807, 2.05) is 0 Å². The highest BCUT2D eigenvalue weighted by atomic mass is 35.5. The molecular formula is C14H17ClN2O3. The van der Waals surface area contributed by atoms with E-state index >= 15 is 0 Å². The Kier molecular flexibility index (Phi) is 3.90. The standard InChI is InChI=1S/C14H17ClN2O3/c1-14(13(19)20)4-6-17(7-5-14)12(18)9-2-3-11(16)10(15)8-9/h2-3,8H,4-7,16H2,1H3,(H,19,20).